The molecule has 2 aromatic rings. The Morgan fingerprint density at radius 3 is 2.84 bits per heavy atom. The number of nitrogens with zero attached hydrogens (tertiary/aromatic N) is 3. The maximum absolute atomic E-state index is 10.7. The van der Waals surface area contributed by atoms with Crippen molar-refractivity contribution in [1.29, 1.82) is 0 Å². The van der Waals surface area contributed by atoms with Gasteiger partial charge in [0.2, 0.25) is 0 Å². The van der Waals surface area contributed by atoms with Crippen LogP contribution < -0.4 is 5.73 Å². The number of carboxylic acid groups (broad SMARTS) is 1. The van der Waals surface area contributed by atoms with Crippen molar-refractivity contribution in [2.24, 2.45) is 0 Å². The number of aliphatic hydroxyl groups is 3. The number of anilines is 1. The van der Waals surface area contributed by atoms with Crippen LogP contribution in [0.1, 0.15) is 18.7 Å². The predicted octanol–water partition coefficient (Wildman–Crippen LogP) is -1.55. The SMILES string of the molecule is CC1(O)C(n2cc(C#CC(=O)O)c3c(N)ncnc32)OC(CO)[C@H]1O. The third kappa shape index (κ3) is 2.69. The second-order valence-electron chi connectivity index (χ2n) is 5.84. The van der Waals surface area contributed by atoms with Gasteiger partial charge in [-0.2, -0.15) is 0 Å². The molecular formula is C15H16N4O6. The summed E-state index contributed by atoms with van der Waals surface area (Å²) in [6.45, 7) is 0.868. The maximum atomic E-state index is 10.7. The van der Waals surface area contributed by atoms with Crippen LogP contribution in [0.15, 0.2) is 12.5 Å². The Morgan fingerprint density at radius 1 is 1.52 bits per heavy atom. The number of rotatable bonds is 2. The van der Waals surface area contributed by atoms with Crippen LogP contribution in [0.3, 0.4) is 0 Å². The van der Waals surface area contributed by atoms with Gasteiger partial charge >= 0.3 is 5.97 Å². The van der Waals surface area contributed by atoms with Gasteiger partial charge in [-0.05, 0) is 6.92 Å². The quantitative estimate of drug-likeness (QED) is 0.404. The lowest BCUT2D eigenvalue weighted by molar-refractivity contribution is -0.130. The fourth-order valence-electron chi connectivity index (χ4n) is 2.89. The van der Waals surface area contributed by atoms with Crippen molar-refractivity contribution in [3.63, 3.8) is 0 Å². The van der Waals surface area contributed by atoms with Crippen molar-refractivity contribution < 1.29 is 30.0 Å². The molecule has 25 heavy (non-hydrogen) atoms. The molecule has 0 saturated carbocycles. The van der Waals surface area contributed by atoms with Gasteiger partial charge in [0.25, 0.3) is 0 Å². The molecule has 1 aliphatic rings. The highest BCUT2D eigenvalue weighted by Crippen LogP contribution is 2.40. The first-order valence-electron chi connectivity index (χ1n) is 7.30. The molecule has 1 saturated heterocycles. The largest absolute Gasteiger partial charge is 0.472 e. The molecule has 1 fully saturated rings. The highest BCUT2D eigenvalue weighted by Gasteiger charge is 2.53. The number of hydrogen-bond donors (Lipinski definition) is 5. The lowest BCUT2D eigenvalue weighted by Crippen LogP contribution is -2.44. The molecule has 10 nitrogen and oxygen atoms in total. The van der Waals surface area contributed by atoms with E-state index in [-0.39, 0.29) is 17.0 Å². The van der Waals surface area contributed by atoms with E-state index in [0.29, 0.717) is 5.39 Å². The van der Waals surface area contributed by atoms with Crippen LogP contribution >= 0.6 is 0 Å². The van der Waals surface area contributed by atoms with Crippen LogP contribution in [0.2, 0.25) is 0 Å². The van der Waals surface area contributed by atoms with Crippen LogP contribution in [0, 0.1) is 11.8 Å². The van der Waals surface area contributed by atoms with Crippen molar-refractivity contribution in [1.82, 2.24) is 14.5 Å². The van der Waals surface area contributed by atoms with Gasteiger partial charge in [-0.1, -0.05) is 5.92 Å². The molecule has 0 aromatic carbocycles. The number of aliphatic carboxylic acids is 1. The average molecular weight is 348 g/mol. The number of carbonyl (C=O) groups is 1. The number of ether oxygens (including phenoxy) is 1. The van der Waals surface area contributed by atoms with Gasteiger partial charge in [0.15, 0.2) is 6.23 Å². The minimum Gasteiger partial charge on any atom is -0.472 e. The Kier molecular flexibility index (Phi) is 4.09. The average Bonchev–Trinajstić information content (AvgIpc) is 3.02. The van der Waals surface area contributed by atoms with Crippen molar-refractivity contribution in [3.05, 3.63) is 18.1 Å². The Bertz CT molecular complexity index is 897. The summed E-state index contributed by atoms with van der Waals surface area (Å²) in [4.78, 5) is 18.7. The number of hydrogen-bond acceptors (Lipinski definition) is 8. The van der Waals surface area contributed by atoms with Gasteiger partial charge in [-0.15, -0.1) is 0 Å². The molecule has 132 valence electrons. The van der Waals surface area contributed by atoms with Gasteiger partial charge in [-0.3, -0.25) is 0 Å². The van der Waals surface area contributed by atoms with E-state index < -0.39 is 36.6 Å². The van der Waals surface area contributed by atoms with Gasteiger partial charge in [-0.25, -0.2) is 14.8 Å². The molecule has 4 atom stereocenters. The second kappa shape index (κ2) is 5.98. The molecule has 2 aromatic heterocycles. The number of fused-ring (bicyclic) bond motifs is 1. The van der Waals surface area contributed by atoms with Gasteiger partial charge < -0.3 is 35.5 Å². The zero-order valence-electron chi connectivity index (χ0n) is 13.1. The third-order valence-electron chi connectivity index (χ3n) is 4.13. The van der Waals surface area contributed by atoms with E-state index in [1.165, 1.54) is 24.0 Å². The van der Waals surface area contributed by atoms with Crippen molar-refractivity contribution in [2.45, 2.75) is 31.0 Å². The number of nitrogens with two attached hydrogens (primary N) is 1. The zero-order valence-corrected chi connectivity index (χ0v) is 13.1. The number of aromatic nitrogens is 3. The normalized spacial score (nSPS) is 28.7. The van der Waals surface area contributed by atoms with Crippen LogP contribution in [-0.2, 0) is 9.53 Å². The summed E-state index contributed by atoms with van der Waals surface area (Å²) in [5, 5.41) is 39.1. The van der Waals surface area contributed by atoms with Crippen LogP contribution in [0.4, 0.5) is 5.82 Å². The molecule has 0 radical (unpaired) electrons. The summed E-state index contributed by atoms with van der Waals surface area (Å²) in [5.74, 6) is 3.20. The summed E-state index contributed by atoms with van der Waals surface area (Å²) in [5.41, 5.74) is 4.59. The standard InChI is InChI=1S/C15H16N4O6/c1-15(24)11(23)8(5-20)25-14(15)19-4-7(2-3-9(21)22)10-12(16)17-6-18-13(10)19/h4,6,8,11,14,20,23-24H,5H2,1H3,(H,21,22)(H2,16,17,18)/t8?,11-,14?,15?/m1/s1. The molecular weight excluding hydrogens is 332 g/mol. The van der Waals surface area contributed by atoms with Gasteiger partial charge in [0.1, 0.15) is 35.6 Å². The molecule has 0 spiro atoms. The first-order chi connectivity index (χ1) is 11.8. The number of nitrogen functional groups attached to an aromatic ring is 1. The summed E-state index contributed by atoms with van der Waals surface area (Å²) >= 11 is 0. The molecule has 3 heterocycles. The molecule has 3 unspecified atom stereocenters. The Morgan fingerprint density at radius 2 is 2.24 bits per heavy atom. The molecule has 6 N–H and O–H groups in total. The van der Waals surface area contributed by atoms with Crippen LogP contribution in [-0.4, -0.2) is 65.3 Å². The van der Waals surface area contributed by atoms with E-state index >= 15 is 0 Å². The minimum absolute atomic E-state index is 0.0790. The Labute approximate surface area is 141 Å². The van der Waals surface area contributed by atoms with E-state index in [9.17, 15) is 20.1 Å². The van der Waals surface area contributed by atoms with E-state index in [2.05, 4.69) is 15.9 Å². The minimum atomic E-state index is -1.74. The highest BCUT2D eigenvalue weighted by atomic mass is 16.6. The molecule has 0 bridgehead atoms. The van der Waals surface area contributed by atoms with Crippen molar-refractivity contribution >= 4 is 22.8 Å². The molecule has 10 heteroatoms. The summed E-state index contributed by atoms with van der Waals surface area (Å²) in [7, 11) is 0. The number of carboxylic acids is 1. The highest BCUT2D eigenvalue weighted by molar-refractivity contribution is 5.94. The second-order valence-corrected chi connectivity index (χ2v) is 5.84. The van der Waals surface area contributed by atoms with Gasteiger partial charge in [0.05, 0.1) is 17.6 Å². The first kappa shape index (κ1) is 17.1. The smallest absolute Gasteiger partial charge is 0.382 e. The Balaban J connectivity index is 2.20. The summed E-state index contributed by atoms with van der Waals surface area (Å²) < 4.78 is 6.95. The maximum Gasteiger partial charge on any atom is 0.382 e. The number of aliphatic hydroxyl groups excluding tert-OH is 2. The fraction of sp³-hybridized carbons (Fsp3) is 0.400. The fourth-order valence-corrected chi connectivity index (χ4v) is 2.89. The van der Waals surface area contributed by atoms with Crippen LogP contribution in [0.25, 0.3) is 11.0 Å². The van der Waals surface area contributed by atoms with E-state index in [1.807, 2.05) is 5.92 Å². The van der Waals surface area contributed by atoms with Gasteiger partial charge in [0, 0.05) is 12.1 Å². The van der Waals surface area contributed by atoms with Crippen molar-refractivity contribution in [3.8, 4) is 11.8 Å². The summed E-state index contributed by atoms with van der Waals surface area (Å²) in [6.07, 6.45) is -0.821. The first-order valence-corrected chi connectivity index (χ1v) is 7.30. The summed E-state index contributed by atoms with van der Waals surface area (Å²) in [6, 6.07) is 0. The lowest BCUT2D eigenvalue weighted by atomic mass is 9.96. The van der Waals surface area contributed by atoms with E-state index in [0.717, 1.165) is 0 Å². The third-order valence-corrected chi connectivity index (χ3v) is 4.13. The van der Waals surface area contributed by atoms with E-state index in [1.54, 1.807) is 0 Å². The molecule has 3 rings (SSSR count). The zero-order chi connectivity index (χ0) is 18.4. The van der Waals surface area contributed by atoms with E-state index in [4.69, 9.17) is 15.6 Å². The molecule has 0 aliphatic carbocycles. The van der Waals surface area contributed by atoms with Crippen LogP contribution in [0.5, 0.6) is 0 Å². The lowest BCUT2D eigenvalue weighted by Gasteiger charge is -2.27. The monoisotopic (exact) mass is 348 g/mol. The predicted molar refractivity (Wildman–Crippen MR) is 84.1 cm³/mol. The molecule has 0 amide bonds. The Hall–Kier alpha value is -2.71. The van der Waals surface area contributed by atoms with Crippen molar-refractivity contribution in [2.75, 3.05) is 12.3 Å². The molecule has 1 aliphatic heterocycles. The topological polar surface area (TPSA) is 164 Å².